The van der Waals surface area contributed by atoms with Gasteiger partial charge in [-0.3, -0.25) is 4.90 Å². The highest BCUT2D eigenvalue weighted by molar-refractivity contribution is 5.86. The Morgan fingerprint density at radius 1 is 0.731 bits per heavy atom. The second kappa shape index (κ2) is 7.86. The van der Waals surface area contributed by atoms with Gasteiger partial charge in [0.2, 0.25) is 0 Å². The van der Waals surface area contributed by atoms with E-state index in [1.165, 1.54) is 59.3 Å². The minimum Gasteiger partial charge on any atom is -0.326 e. The third kappa shape index (κ3) is 3.44. The number of benzene rings is 3. The number of rotatable bonds is 5. The lowest BCUT2D eigenvalue weighted by Crippen LogP contribution is -2.20. The van der Waals surface area contributed by atoms with Gasteiger partial charge in [-0.25, -0.2) is 0 Å². The molecular formula is C24H26N2. The summed E-state index contributed by atoms with van der Waals surface area (Å²) in [5, 5.41) is 0. The van der Waals surface area contributed by atoms with E-state index < -0.39 is 0 Å². The fraction of sp³-hybridized carbons (Fsp3) is 0.250. The van der Waals surface area contributed by atoms with Gasteiger partial charge >= 0.3 is 0 Å². The molecule has 0 radical (unpaired) electrons. The lowest BCUT2D eigenvalue weighted by Gasteiger charge is -2.22. The minimum absolute atomic E-state index is 0.564. The lowest BCUT2D eigenvalue weighted by molar-refractivity contribution is 0.330. The molecule has 0 saturated carbocycles. The van der Waals surface area contributed by atoms with Gasteiger partial charge in [-0.15, -0.1) is 0 Å². The molecular weight excluding hydrogens is 316 g/mol. The van der Waals surface area contributed by atoms with Crippen LogP contribution in [0.15, 0.2) is 72.8 Å². The van der Waals surface area contributed by atoms with Gasteiger partial charge in [0.15, 0.2) is 0 Å². The Morgan fingerprint density at radius 3 is 1.96 bits per heavy atom. The van der Waals surface area contributed by atoms with Crippen LogP contribution in [0.5, 0.6) is 0 Å². The first-order chi connectivity index (χ1) is 12.9. The summed E-state index contributed by atoms with van der Waals surface area (Å²) in [6.45, 7) is 3.96. The minimum atomic E-state index is 0.564. The van der Waals surface area contributed by atoms with E-state index in [2.05, 4.69) is 77.7 Å². The molecule has 1 aliphatic heterocycles. The van der Waals surface area contributed by atoms with Gasteiger partial charge in [0, 0.05) is 13.1 Å². The first-order valence-electron chi connectivity index (χ1n) is 9.55. The van der Waals surface area contributed by atoms with Crippen molar-refractivity contribution in [3.05, 3.63) is 83.9 Å². The van der Waals surface area contributed by atoms with Gasteiger partial charge < -0.3 is 5.73 Å². The van der Waals surface area contributed by atoms with Crippen molar-refractivity contribution >= 4 is 0 Å². The molecule has 0 amide bonds. The highest BCUT2D eigenvalue weighted by atomic mass is 15.1. The molecule has 0 bridgehead atoms. The maximum atomic E-state index is 6.29. The number of nitrogens with zero attached hydrogens (tertiary/aromatic N) is 1. The standard InChI is InChI=1S/C24H26N2/c25-17-23-21(18-26-15-7-8-16-26)13-14-22(19-9-3-1-4-10-19)24(23)20-11-5-2-6-12-20/h1-6,9-14H,7-8,15-18,25H2. The van der Waals surface area contributed by atoms with Crippen LogP contribution in [-0.2, 0) is 13.1 Å². The highest BCUT2D eigenvalue weighted by Gasteiger charge is 2.18. The van der Waals surface area contributed by atoms with E-state index in [0.29, 0.717) is 6.54 Å². The zero-order chi connectivity index (χ0) is 17.8. The Morgan fingerprint density at radius 2 is 1.35 bits per heavy atom. The van der Waals surface area contributed by atoms with Crippen molar-refractivity contribution in [3.8, 4) is 22.3 Å². The smallest absolute Gasteiger partial charge is 0.0237 e. The van der Waals surface area contributed by atoms with Crippen LogP contribution < -0.4 is 5.73 Å². The molecule has 4 rings (SSSR count). The molecule has 0 atom stereocenters. The SMILES string of the molecule is NCc1c(CN2CCCC2)ccc(-c2ccccc2)c1-c1ccccc1. The van der Waals surface area contributed by atoms with Crippen LogP contribution in [0, 0.1) is 0 Å². The molecule has 2 nitrogen and oxygen atoms in total. The number of hydrogen-bond donors (Lipinski definition) is 1. The van der Waals surface area contributed by atoms with Gasteiger partial charge in [-0.2, -0.15) is 0 Å². The topological polar surface area (TPSA) is 29.3 Å². The van der Waals surface area contributed by atoms with Gasteiger partial charge in [0.25, 0.3) is 0 Å². The molecule has 3 aromatic rings. The summed E-state index contributed by atoms with van der Waals surface area (Å²) >= 11 is 0. The zero-order valence-corrected chi connectivity index (χ0v) is 15.2. The lowest BCUT2D eigenvalue weighted by atomic mass is 9.87. The summed E-state index contributed by atoms with van der Waals surface area (Å²) in [5.41, 5.74) is 14.0. The van der Waals surface area contributed by atoms with Crippen LogP contribution in [-0.4, -0.2) is 18.0 Å². The van der Waals surface area contributed by atoms with Gasteiger partial charge in [-0.1, -0.05) is 72.8 Å². The Labute approximate surface area is 156 Å². The second-order valence-electron chi connectivity index (χ2n) is 7.05. The monoisotopic (exact) mass is 342 g/mol. The second-order valence-corrected chi connectivity index (χ2v) is 7.05. The first-order valence-corrected chi connectivity index (χ1v) is 9.55. The molecule has 1 saturated heterocycles. The molecule has 132 valence electrons. The van der Waals surface area contributed by atoms with E-state index in [1.54, 1.807) is 0 Å². The van der Waals surface area contributed by atoms with Crippen LogP contribution in [0.3, 0.4) is 0 Å². The molecule has 0 aromatic heterocycles. The van der Waals surface area contributed by atoms with E-state index in [9.17, 15) is 0 Å². The molecule has 2 heteroatoms. The zero-order valence-electron chi connectivity index (χ0n) is 15.2. The molecule has 2 N–H and O–H groups in total. The Balaban J connectivity index is 1.87. The predicted molar refractivity (Wildman–Crippen MR) is 110 cm³/mol. The van der Waals surface area contributed by atoms with E-state index in [4.69, 9.17) is 5.73 Å². The van der Waals surface area contributed by atoms with Crippen molar-refractivity contribution in [2.45, 2.75) is 25.9 Å². The molecule has 0 unspecified atom stereocenters. The van der Waals surface area contributed by atoms with Crippen LogP contribution >= 0.6 is 0 Å². The fourth-order valence-corrected chi connectivity index (χ4v) is 4.05. The van der Waals surface area contributed by atoms with Crippen molar-refractivity contribution < 1.29 is 0 Å². The summed E-state index contributed by atoms with van der Waals surface area (Å²) in [4.78, 5) is 2.55. The maximum absolute atomic E-state index is 6.29. The molecule has 3 aromatic carbocycles. The van der Waals surface area contributed by atoms with Crippen molar-refractivity contribution in [1.29, 1.82) is 0 Å². The average Bonchev–Trinajstić information content (AvgIpc) is 3.22. The molecule has 1 aliphatic rings. The largest absolute Gasteiger partial charge is 0.326 e. The summed E-state index contributed by atoms with van der Waals surface area (Å²) < 4.78 is 0. The maximum Gasteiger partial charge on any atom is 0.0237 e. The number of likely N-dealkylation sites (tertiary alicyclic amines) is 1. The third-order valence-electron chi connectivity index (χ3n) is 5.35. The van der Waals surface area contributed by atoms with E-state index in [1.807, 2.05) is 0 Å². The molecule has 1 fully saturated rings. The van der Waals surface area contributed by atoms with Crippen LogP contribution in [0.2, 0.25) is 0 Å². The summed E-state index contributed by atoms with van der Waals surface area (Å²) in [6.07, 6.45) is 2.62. The van der Waals surface area contributed by atoms with E-state index in [0.717, 1.165) is 6.54 Å². The molecule has 0 spiro atoms. The van der Waals surface area contributed by atoms with Gasteiger partial charge in [0.05, 0.1) is 0 Å². The number of hydrogen-bond acceptors (Lipinski definition) is 2. The van der Waals surface area contributed by atoms with Crippen LogP contribution in [0.1, 0.15) is 24.0 Å². The molecule has 26 heavy (non-hydrogen) atoms. The van der Waals surface area contributed by atoms with Crippen molar-refractivity contribution in [3.63, 3.8) is 0 Å². The van der Waals surface area contributed by atoms with Crippen molar-refractivity contribution in [2.75, 3.05) is 13.1 Å². The van der Waals surface area contributed by atoms with E-state index in [-0.39, 0.29) is 0 Å². The summed E-state index contributed by atoms with van der Waals surface area (Å²) in [6, 6.07) is 25.9. The van der Waals surface area contributed by atoms with Gasteiger partial charge in [0.1, 0.15) is 0 Å². The summed E-state index contributed by atoms with van der Waals surface area (Å²) in [5.74, 6) is 0. The predicted octanol–water partition coefficient (Wildman–Crippen LogP) is 5.08. The molecule has 0 aliphatic carbocycles. The highest BCUT2D eigenvalue weighted by Crippen LogP contribution is 2.37. The van der Waals surface area contributed by atoms with Gasteiger partial charge in [-0.05, 0) is 59.3 Å². The Hall–Kier alpha value is -2.42. The van der Waals surface area contributed by atoms with Crippen molar-refractivity contribution in [1.82, 2.24) is 4.90 Å². The normalized spacial score (nSPS) is 14.7. The molecule has 1 heterocycles. The Bertz CT molecular complexity index is 850. The first kappa shape index (κ1) is 17.0. The Kier molecular flexibility index (Phi) is 5.14. The van der Waals surface area contributed by atoms with Crippen LogP contribution in [0.25, 0.3) is 22.3 Å². The third-order valence-corrected chi connectivity index (χ3v) is 5.35. The number of nitrogens with two attached hydrogens (primary N) is 1. The average molecular weight is 342 g/mol. The van der Waals surface area contributed by atoms with E-state index >= 15 is 0 Å². The fourth-order valence-electron chi connectivity index (χ4n) is 4.05. The summed E-state index contributed by atoms with van der Waals surface area (Å²) in [7, 11) is 0. The van der Waals surface area contributed by atoms with Crippen molar-refractivity contribution in [2.24, 2.45) is 5.73 Å². The quantitative estimate of drug-likeness (QED) is 0.701. The van der Waals surface area contributed by atoms with Crippen LogP contribution in [0.4, 0.5) is 0 Å².